The van der Waals surface area contributed by atoms with Crippen molar-refractivity contribution < 1.29 is 14.8 Å². The lowest BCUT2D eigenvalue weighted by atomic mass is 10.2. The lowest BCUT2D eigenvalue weighted by Gasteiger charge is -2.05. The van der Waals surface area contributed by atoms with Crippen LogP contribution in [-0.4, -0.2) is 20.0 Å². The van der Waals surface area contributed by atoms with Gasteiger partial charge >= 0.3 is 11.2 Å². The Labute approximate surface area is 147 Å². The number of para-hydroxylation sites is 1. The largest absolute Gasteiger partial charge is 0.488 e. The van der Waals surface area contributed by atoms with E-state index in [-0.39, 0.29) is 5.82 Å². The normalized spacial score (nSPS) is 10.8. The molecule has 8 heteroatoms. The number of rotatable bonds is 5. The molecule has 3 rings (SSSR count). The Morgan fingerprint density at radius 1 is 1.08 bits per heavy atom. The van der Waals surface area contributed by atoms with E-state index in [9.17, 15) is 20.0 Å². The van der Waals surface area contributed by atoms with E-state index >= 15 is 0 Å². The van der Waals surface area contributed by atoms with Crippen LogP contribution in [0.4, 0.5) is 5.69 Å². The van der Waals surface area contributed by atoms with Crippen molar-refractivity contribution >= 4 is 17.8 Å². The fourth-order valence-electron chi connectivity index (χ4n) is 2.20. The highest BCUT2D eigenvalue weighted by Crippen LogP contribution is 2.23. The second-order valence-corrected chi connectivity index (χ2v) is 5.20. The molecule has 0 aliphatic heterocycles. The third-order valence-corrected chi connectivity index (χ3v) is 3.35. The van der Waals surface area contributed by atoms with Gasteiger partial charge in [0.2, 0.25) is 0 Å². The maximum absolute atomic E-state index is 11.6. The Balaban J connectivity index is 1.82. The van der Waals surface area contributed by atoms with Gasteiger partial charge in [-0.05, 0) is 35.9 Å². The number of hydrogen-bond donors (Lipinski definition) is 2. The highest BCUT2D eigenvalue weighted by Gasteiger charge is 2.21. The Kier molecular flexibility index (Phi) is 4.75. The van der Waals surface area contributed by atoms with Crippen molar-refractivity contribution in [3.63, 3.8) is 0 Å². The molecule has 2 N–H and O–H groups in total. The number of benzene rings is 2. The molecular weight excluding hydrogens is 338 g/mol. The van der Waals surface area contributed by atoms with Crippen LogP contribution in [0.2, 0.25) is 0 Å². The minimum atomic E-state index is -1.02. The highest BCUT2D eigenvalue weighted by molar-refractivity contribution is 5.67. The van der Waals surface area contributed by atoms with E-state index in [0.29, 0.717) is 11.5 Å². The van der Waals surface area contributed by atoms with Crippen LogP contribution >= 0.6 is 0 Å². The van der Waals surface area contributed by atoms with Gasteiger partial charge in [0.1, 0.15) is 17.3 Å². The predicted molar refractivity (Wildman–Crippen MR) is 95.1 cm³/mol. The van der Waals surface area contributed by atoms with Gasteiger partial charge < -0.3 is 14.8 Å². The molecule has 0 aliphatic rings. The number of aromatic hydroxyl groups is 1. The van der Waals surface area contributed by atoms with Gasteiger partial charge in [-0.1, -0.05) is 36.4 Å². The van der Waals surface area contributed by atoms with E-state index in [1.807, 2.05) is 30.3 Å². The number of hydrogen-bond acceptors (Lipinski definition) is 6. The smallest absolute Gasteiger partial charge is 0.395 e. The van der Waals surface area contributed by atoms with E-state index in [1.54, 1.807) is 30.3 Å². The van der Waals surface area contributed by atoms with Gasteiger partial charge in [0.15, 0.2) is 0 Å². The van der Waals surface area contributed by atoms with Gasteiger partial charge in [0.25, 0.3) is 5.88 Å². The molecule has 1 heterocycles. The summed E-state index contributed by atoms with van der Waals surface area (Å²) in [6.45, 7) is 0. The summed E-state index contributed by atoms with van der Waals surface area (Å²) in [5.41, 5.74) is -1.26. The quantitative estimate of drug-likeness (QED) is 0.537. The van der Waals surface area contributed by atoms with Crippen LogP contribution in [0.3, 0.4) is 0 Å². The molecular formula is C18H13N3O5. The Bertz CT molecular complexity index is 1030. The van der Waals surface area contributed by atoms with Crippen molar-refractivity contribution in [3.8, 4) is 17.4 Å². The first-order chi connectivity index (χ1) is 12.5. The fraction of sp³-hybridized carbons (Fsp3) is 0. The minimum absolute atomic E-state index is 0.00696. The molecule has 0 fully saturated rings. The first-order valence-electron chi connectivity index (χ1n) is 7.51. The van der Waals surface area contributed by atoms with E-state index in [0.717, 1.165) is 5.56 Å². The number of aromatic amines is 1. The topological polar surface area (TPSA) is 118 Å². The lowest BCUT2D eigenvalue weighted by molar-refractivity contribution is -0.387. The molecule has 0 unspecified atom stereocenters. The van der Waals surface area contributed by atoms with E-state index in [1.165, 1.54) is 6.08 Å². The van der Waals surface area contributed by atoms with Crippen molar-refractivity contribution in [3.05, 3.63) is 86.5 Å². The molecule has 0 aliphatic carbocycles. The van der Waals surface area contributed by atoms with Gasteiger partial charge in [0, 0.05) is 0 Å². The molecule has 26 heavy (non-hydrogen) atoms. The van der Waals surface area contributed by atoms with Gasteiger partial charge in [-0.2, -0.15) is 4.98 Å². The maximum atomic E-state index is 11.6. The summed E-state index contributed by atoms with van der Waals surface area (Å²) in [4.78, 5) is 27.1. The molecule has 0 bridgehead atoms. The predicted octanol–water partition coefficient (Wildman–Crippen LogP) is 3.35. The minimum Gasteiger partial charge on any atom is -0.488 e. The summed E-state index contributed by atoms with van der Waals surface area (Å²) in [7, 11) is 0. The molecule has 0 spiro atoms. The van der Waals surface area contributed by atoms with Crippen molar-refractivity contribution in [2.45, 2.75) is 0 Å². The molecule has 0 amide bonds. The molecule has 8 nitrogen and oxygen atoms in total. The zero-order valence-corrected chi connectivity index (χ0v) is 13.3. The average Bonchev–Trinajstić information content (AvgIpc) is 2.60. The molecule has 130 valence electrons. The Hall–Kier alpha value is -3.94. The van der Waals surface area contributed by atoms with Crippen LogP contribution in [-0.2, 0) is 0 Å². The molecule has 3 aromatic rings. The summed E-state index contributed by atoms with van der Waals surface area (Å²) in [6.07, 6.45) is 3.05. The summed E-state index contributed by atoms with van der Waals surface area (Å²) in [5.74, 6) is 0.373. The Morgan fingerprint density at radius 2 is 1.81 bits per heavy atom. The van der Waals surface area contributed by atoms with Crippen molar-refractivity contribution in [1.82, 2.24) is 9.97 Å². The number of H-pyrrole nitrogens is 1. The van der Waals surface area contributed by atoms with Crippen LogP contribution in [0, 0.1) is 10.1 Å². The first kappa shape index (κ1) is 16.9. The van der Waals surface area contributed by atoms with Crippen LogP contribution in [0.15, 0.2) is 59.4 Å². The number of nitrogens with zero attached hydrogens (tertiary/aromatic N) is 2. The molecule has 0 saturated heterocycles. The van der Waals surface area contributed by atoms with Gasteiger partial charge in [0.05, 0.1) is 4.92 Å². The van der Waals surface area contributed by atoms with Gasteiger partial charge in [-0.3, -0.25) is 14.9 Å². The van der Waals surface area contributed by atoms with E-state index < -0.39 is 22.0 Å². The van der Waals surface area contributed by atoms with Crippen LogP contribution in [0.1, 0.15) is 11.4 Å². The van der Waals surface area contributed by atoms with Gasteiger partial charge in [-0.15, -0.1) is 0 Å². The summed E-state index contributed by atoms with van der Waals surface area (Å²) in [6, 6.07) is 16.4. The maximum Gasteiger partial charge on any atom is 0.395 e. The molecule has 1 aromatic heterocycles. The lowest BCUT2D eigenvalue weighted by Crippen LogP contribution is -2.14. The second kappa shape index (κ2) is 7.31. The molecule has 2 aromatic carbocycles. The molecule has 0 saturated carbocycles. The highest BCUT2D eigenvalue weighted by atomic mass is 16.6. The summed E-state index contributed by atoms with van der Waals surface area (Å²) in [5, 5.41) is 20.2. The number of ether oxygens (including phenoxy) is 1. The number of nitro groups is 1. The average molecular weight is 351 g/mol. The third kappa shape index (κ3) is 3.93. The third-order valence-electron chi connectivity index (χ3n) is 3.35. The first-order valence-corrected chi connectivity index (χ1v) is 7.51. The van der Waals surface area contributed by atoms with Crippen molar-refractivity contribution in [1.29, 1.82) is 0 Å². The molecule has 0 atom stereocenters. The summed E-state index contributed by atoms with van der Waals surface area (Å²) >= 11 is 0. The Morgan fingerprint density at radius 3 is 2.50 bits per heavy atom. The SMILES string of the molecule is O=c1[nH]c(/C=C/c2cccc(Oc3ccccc3)c2)nc(O)c1[N+](=O)[O-]. The standard InChI is InChI=1S/C18H13N3O5/c22-17-16(21(24)25)18(23)20-15(19-17)10-9-12-5-4-8-14(11-12)26-13-6-2-1-3-7-13/h1-11H,(H2,19,20,22,23)/b10-9+. The van der Waals surface area contributed by atoms with Crippen LogP contribution < -0.4 is 10.3 Å². The van der Waals surface area contributed by atoms with Crippen LogP contribution in [0.5, 0.6) is 17.4 Å². The second-order valence-electron chi connectivity index (χ2n) is 5.20. The summed E-state index contributed by atoms with van der Waals surface area (Å²) < 4.78 is 5.73. The number of aromatic nitrogens is 2. The van der Waals surface area contributed by atoms with Gasteiger partial charge in [-0.25, -0.2) is 0 Å². The van der Waals surface area contributed by atoms with E-state index in [4.69, 9.17) is 4.74 Å². The fourth-order valence-corrected chi connectivity index (χ4v) is 2.20. The van der Waals surface area contributed by atoms with Crippen molar-refractivity contribution in [2.75, 3.05) is 0 Å². The number of nitrogens with one attached hydrogen (secondary N) is 1. The van der Waals surface area contributed by atoms with E-state index in [2.05, 4.69) is 9.97 Å². The molecule has 0 radical (unpaired) electrons. The van der Waals surface area contributed by atoms with Crippen LogP contribution in [0.25, 0.3) is 12.2 Å². The monoisotopic (exact) mass is 351 g/mol. The zero-order chi connectivity index (χ0) is 18.5. The van der Waals surface area contributed by atoms with Crippen molar-refractivity contribution in [2.24, 2.45) is 0 Å². The zero-order valence-electron chi connectivity index (χ0n) is 13.3.